The van der Waals surface area contributed by atoms with E-state index in [0.29, 0.717) is 20.6 Å². The molecule has 0 N–H and O–H groups in total. The number of halogens is 1. The molecular formula is C24H21BrN2O4S. The summed E-state index contributed by atoms with van der Waals surface area (Å²) >= 11 is 4.75. The minimum absolute atomic E-state index is 0.202. The van der Waals surface area contributed by atoms with Crippen LogP contribution < -0.4 is 19.6 Å². The van der Waals surface area contributed by atoms with Crippen molar-refractivity contribution in [2.24, 2.45) is 4.99 Å². The van der Waals surface area contributed by atoms with Gasteiger partial charge in [0.05, 0.1) is 35.6 Å². The molecular weight excluding hydrogens is 492 g/mol. The number of hydrogen-bond acceptors (Lipinski definition) is 6. The Kier molecular flexibility index (Phi) is 6.43. The zero-order chi connectivity index (χ0) is 22.8. The fraction of sp³-hybridized carbons (Fsp3) is 0.208. The third-order valence-electron chi connectivity index (χ3n) is 5.12. The number of carbonyl (C=O) groups is 1. The summed E-state index contributed by atoms with van der Waals surface area (Å²) in [6.45, 7) is 3.77. The topological polar surface area (TPSA) is 69.9 Å². The molecule has 0 radical (unpaired) electrons. The SMILES string of the molecule is CCOC(=O)C1=C(C)N=c2s/c(=C/c3ccc(OC)cc3)c(=O)n2[C@H]1c1ccc(Br)cc1. The predicted molar refractivity (Wildman–Crippen MR) is 128 cm³/mol. The Balaban J connectivity index is 1.92. The fourth-order valence-corrected chi connectivity index (χ4v) is 4.91. The number of hydrogen-bond donors (Lipinski definition) is 0. The predicted octanol–water partition coefficient (Wildman–Crippen LogP) is 3.57. The number of benzene rings is 2. The third-order valence-corrected chi connectivity index (χ3v) is 6.63. The summed E-state index contributed by atoms with van der Waals surface area (Å²) in [5, 5.41) is 0. The standard InChI is InChI=1S/C24H21BrN2O4S/c1-4-31-23(29)20-14(2)26-24-27(21(20)16-7-9-17(25)10-8-16)22(28)19(32-24)13-15-5-11-18(30-3)12-6-15/h5-13,21H,4H2,1-3H3/b19-13+/t21-/m0/s1. The first-order valence-electron chi connectivity index (χ1n) is 10.0. The number of rotatable bonds is 5. The van der Waals surface area contributed by atoms with Crippen molar-refractivity contribution in [1.29, 1.82) is 0 Å². The molecule has 0 saturated heterocycles. The highest BCUT2D eigenvalue weighted by Crippen LogP contribution is 2.31. The van der Waals surface area contributed by atoms with E-state index in [9.17, 15) is 9.59 Å². The second-order valence-electron chi connectivity index (χ2n) is 7.13. The maximum absolute atomic E-state index is 13.5. The molecule has 1 aliphatic heterocycles. The number of methoxy groups -OCH3 is 1. The van der Waals surface area contributed by atoms with Gasteiger partial charge >= 0.3 is 5.97 Å². The molecule has 164 valence electrons. The second kappa shape index (κ2) is 9.26. The van der Waals surface area contributed by atoms with E-state index in [1.165, 1.54) is 11.3 Å². The highest BCUT2D eigenvalue weighted by Gasteiger charge is 2.33. The van der Waals surface area contributed by atoms with Crippen molar-refractivity contribution in [3.63, 3.8) is 0 Å². The van der Waals surface area contributed by atoms with Crippen LogP contribution in [-0.2, 0) is 9.53 Å². The van der Waals surface area contributed by atoms with Gasteiger partial charge in [-0.15, -0.1) is 0 Å². The van der Waals surface area contributed by atoms with E-state index < -0.39 is 12.0 Å². The first-order valence-corrected chi connectivity index (χ1v) is 11.6. The quantitative estimate of drug-likeness (QED) is 0.490. The van der Waals surface area contributed by atoms with Gasteiger partial charge < -0.3 is 9.47 Å². The second-order valence-corrected chi connectivity index (χ2v) is 9.05. The Hall–Kier alpha value is -2.97. The zero-order valence-electron chi connectivity index (χ0n) is 17.8. The number of ether oxygens (including phenoxy) is 2. The average Bonchev–Trinajstić information content (AvgIpc) is 3.08. The van der Waals surface area contributed by atoms with Gasteiger partial charge in [-0.3, -0.25) is 9.36 Å². The van der Waals surface area contributed by atoms with Crippen LogP contribution in [0.5, 0.6) is 5.75 Å². The smallest absolute Gasteiger partial charge is 0.338 e. The van der Waals surface area contributed by atoms with Crippen molar-refractivity contribution < 1.29 is 14.3 Å². The van der Waals surface area contributed by atoms with Crippen molar-refractivity contribution in [3.05, 3.63) is 95.1 Å². The molecule has 0 amide bonds. The lowest BCUT2D eigenvalue weighted by Gasteiger charge is -2.24. The maximum Gasteiger partial charge on any atom is 0.338 e. The third kappa shape index (κ3) is 4.20. The van der Waals surface area contributed by atoms with Crippen molar-refractivity contribution in [2.75, 3.05) is 13.7 Å². The van der Waals surface area contributed by atoms with Gasteiger partial charge in [0.25, 0.3) is 5.56 Å². The van der Waals surface area contributed by atoms with E-state index in [4.69, 9.17) is 9.47 Å². The molecule has 4 rings (SSSR count). The molecule has 6 nitrogen and oxygen atoms in total. The van der Waals surface area contributed by atoms with Gasteiger partial charge in [0.2, 0.25) is 0 Å². The van der Waals surface area contributed by atoms with Crippen molar-refractivity contribution in [3.8, 4) is 5.75 Å². The van der Waals surface area contributed by atoms with Crippen LogP contribution in [0.3, 0.4) is 0 Å². The molecule has 0 fully saturated rings. The van der Waals surface area contributed by atoms with Crippen LogP contribution in [0.25, 0.3) is 6.08 Å². The fourth-order valence-electron chi connectivity index (χ4n) is 3.60. The normalized spacial score (nSPS) is 15.9. The van der Waals surface area contributed by atoms with Gasteiger partial charge in [-0.2, -0.15) is 0 Å². The van der Waals surface area contributed by atoms with Crippen molar-refractivity contribution in [2.45, 2.75) is 19.9 Å². The van der Waals surface area contributed by atoms with Crippen LogP contribution in [0.1, 0.15) is 31.0 Å². The van der Waals surface area contributed by atoms with Crippen LogP contribution in [0.15, 0.2) is 74.1 Å². The van der Waals surface area contributed by atoms with Crippen LogP contribution >= 0.6 is 27.3 Å². The number of aromatic nitrogens is 1. The molecule has 1 aliphatic rings. The number of esters is 1. The lowest BCUT2D eigenvalue weighted by molar-refractivity contribution is -0.139. The molecule has 0 unspecified atom stereocenters. The summed E-state index contributed by atoms with van der Waals surface area (Å²) < 4.78 is 13.5. The Morgan fingerprint density at radius 2 is 1.88 bits per heavy atom. The Labute approximate surface area is 197 Å². The van der Waals surface area contributed by atoms with Crippen LogP contribution in [0.4, 0.5) is 0 Å². The molecule has 0 aliphatic carbocycles. The Bertz CT molecular complexity index is 1370. The minimum atomic E-state index is -0.614. The van der Waals surface area contributed by atoms with E-state index in [-0.39, 0.29) is 12.2 Å². The van der Waals surface area contributed by atoms with E-state index in [2.05, 4.69) is 20.9 Å². The molecule has 0 spiro atoms. The van der Waals surface area contributed by atoms with E-state index in [0.717, 1.165) is 21.3 Å². The molecule has 0 saturated carbocycles. The molecule has 32 heavy (non-hydrogen) atoms. The van der Waals surface area contributed by atoms with Gasteiger partial charge in [-0.05, 0) is 55.3 Å². The molecule has 8 heteroatoms. The molecule has 2 aromatic carbocycles. The Morgan fingerprint density at radius 3 is 2.50 bits per heavy atom. The van der Waals surface area contributed by atoms with Gasteiger partial charge in [0.1, 0.15) is 5.75 Å². The summed E-state index contributed by atoms with van der Waals surface area (Å²) in [7, 11) is 1.61. The summed E-state index contributed by atoms with van der Waals surface area (Å²) in [5.74, 6) is 0.277. The van der Waals surface area contributed by atoms with E-state index in [1.54, 1.807) is 25.5 Å². The molecule has 3 aromatic rings. The molecule has 2 heterocycles. The maximum atomic E-state index is 13.5. The van der Waals surface area contributed by atoms with E-state index >= 15 is 0 Å². The van der Waals surface area contributed by atoms with Crippen LogP contribution in [-0.4, -0.2) is 24.3 Å². The summed E-state index contributed by atoms with van der Waals surface area (Å²) in [6.07, 6.45) is 1.82. The van der Waals surface area contributed by atoms with Crippen LogP contribution in [0, 0.1) is 0 Å². The largest absolute Gasteiger partial charge is 0.497 e. The first-order chi connectivity index (χ1) is 15.4. The number of carbonyl (C=O) groups excluding carboxylic acids is 1. The zero-order valence-corrected chi connectivity index (χ0v) is 20.2. The van der Waals surface area contributed by atoms with Crippen LogP contribution in [0.2, 0.25) is 0 Å². The molecule has 1 aromatic heterocycles. The number of thiazole rings is 1. The highest BCUT2D eigenvalue weighted by atomic mass is 79.9. The lowest BCUT2D eigenvalue weighted by atomic mass is 9.96. The first kappa shape index (κ1) is 22.2. The van der Waals surface area contributed by atoms with Crippen molar-refractivity contribution >= 4 is 39.3 Å². The van der Waals surface area contributed by atoms with E-state index in [1.807, 2.05) is 54.6 Å². The minimum Gasteiger partial charge on any atom is -0.497 e. The monoisotopic (exact) mass is 512 g/mol. The lowest BCUT2D eigenvalue weighted by Crippen LogP contribution is -2.39. The molecule has 0 bridgehead atoms. The summed E-state index contributed by atoms with van der Waals surface area (Å²) in [5.41, 5.74) is 2.40. The highest BCUT2D eigenvalue weighted by molar-refractivity contribution is 9.10. The Morgan fingerprint density at radius 1 is 1.19 bits per heavy atom. The van der Waals surface area contributed by atoms with Gasteiger partial charge in [-0.1, -0.05) is 51.5 Å². The number of nitrogens with zero attached hydrogens (tertiary/aromatic N) is 2. The average molecular weight is 513 g/mol. The van der Waals surface area contributed by atoms with Gasteiger partial charge in [0.15, 0.2) is 4.80 Å². The summed E-state index contributed by atoms with van der Waals surface area (Å²) in [4.78, 5) is 31.5. The molecule has 1 atom stereocenters. The van der Waals surface area contributed by atoms with Crippen molar-refractivity contribution in [1.82, 2.24) is 4.57 Å². The number of fused-ring (bicyclic) bond motifs is 1. The summed E-state index contributed by atoms with van der Waals surface area (Å²) in [6, 6.07) is 14.4. The van der Waals surface area contributed by atoms with Gasteiger partial charge in [0, 0.05) is 4.47 Å². The number of allylic oxidation sites excluding steroid dienone is 1. The van der Waals surface area contributed by atoms with Gasteiger partial charge in [-0.25, -0.2) is 9.79 Å².